The van der Waals surface area contributed by atoms with Gasteiger partial charge in [-0.1, -0.05) is 41.1 Å². The maximum Gasteiger partial charge on any atom is 0.146 e. The van der Waals surface area contributed by atoms with E-state index in [1.165, 1.54) is 6.20 Å². The lowest BCUT2D eigenvalue weighted by atomic mass is 9.99. The Balaban J connectivity index is 2.42. The van der Waals surface area contributed by atoms with E-state index in [1.54, 1.807) is 12.3 Å². The average molecular weight is 323 g/mol. The molecule has 1 aromatic carbocycles. The predicted octanol–water partition coefficient (Wildman–Crippen LogP) is 4.07. The molecule has 0 bridgehead atoms. The summed E-state index contributed by atoms with van der Waals surface area (Å²) in [6.07, 6.45) is 3.87. The molecule has 0 spiro atoms. The van der Waals surface area contributed by atoms with Gasteiger partial charge in [0.05, 0.1) is 12.2 Å². The van der Waals surface area contributed by atoms with Crippen molar-refractivity contribution in [3.05, 3.63) is 64.1 Å². The molecule has 0 amide bonds. The zero-order valence-corrected chi connectivity index (χ0v) is 12.3. The van der Waals surface area contributed by atoms with Gasteiger partial charge in [-0.3, -0.25) is 4.98 Å². The van der Waals surface area contributed by atoms with Gasteiger partial charge < -0.3 is 5.32 Å². The summed E-state index contributed by atoms with van der Waals surface area (Å²) in [6.45, 7) is 2.92. The molecule has 0 saturated heterocycles. The third-order valence-electron chi connectivity index (χ3n) is 2.93. The Labute approximate surface area is 121 Å². The summed E-state index contributed by atoms with van der Waals surface area (Å²) in [5.74, 6) is -0.285. The molecule has 0 fully saturated rings. The summed E-state index contributed by atoms with van der Waals surface area (Å²) in [5.41, 5.74) is 1.65. The van der Waals surface area contributed by atoms with Gasteiger partial charge >= 0.3 is 0 Å². The lowest BCUT2D eigenvalue weighted by Crippen LogP contribution is -2.24. The molecule has 2 nitrogen and oxygen atoms in total. The zero-order chi connectivity index (χ0) is 13.7. The molecule has 0 aliphatic carbocycles. The third-order valence-corrected chi connectivity index (χ3v) is 3.65. The Morgan fingerprint density at radius 1 is 1.26 bits per heavy atom. The molecule has 1 aromatic heterocycles. The van der Waals surface area contributed by atoms with Gasteiger partial charge in [0.15, 0.2) is 0 Å². The van der Waals surface area contributed by atoms with Crippen molar-refractivity contribution >= 4 is 15.9 Å². The lowest BCUT2D eigenvalue weighted by Gasteiger charge is -2.21. The van der Waals surface area contributed by atoms with Crippen molar-refractivity contribution < 1.29 is 4.39 Å². The predicted molar refractivity (Wildman–Crippen MR) is 78.5 cm³/mol. The van der Waals surface area contributed by atoms with Crippen LogP contribution in [0.2, 0.25) is 0 Å². The van der Waals surface area contributed by atoms with Gasteiger partial charge in [-0.15, -0.1) is 0 Å². The van der Waals surface area contributed by atoms with Gasteiger partial charge in [0.25, 0.3) is 0 Å². The van der Waals surface area contributed by atoms with E-state index < -0.39 is 0 Å². The standard InChI is InChI=1S/C15H16BrFN2/c1-2-8-19-15(11-5-3-4-6-13(11)16)12-7-9-18-10-14(12)17/h3-7,9-10,15,19H,2,8H2,1H3. The molecule has 2 rings (SSSR count). The SMILES string of the molecule is CCCNC(c1ccncc1F)c1ccccc1Br. The van der Waals surface area contributed by atoms with Crippen molar-refractivity contribution in [3.63, 3.8) is 0 Å². The van der Waals surface area contributed by atoms with Crippen molar-refractivity contribution in [2.24, 2.45) is 0 Å². The molecule has 1 atom stereocenters. The van der Waals surface area contributed by atoms with Crippen LogP contribution in [0.25, 0.3) is 0 Å². The molecular weight excluding hydrogens is 307 g/mol. The van der Waals surface area contributed by atoms with Crippen LogP contribution in [-0.4, -0.2) is 11.5 Å². The highest BCUT2D eigenvalue weighted by molar-refractivity contribution is 9.10. The number of aromatic nitrogens is 1. The highest BCUT2D eigenvalue weighted by Gasteiger charge is 2.19. The van der Waals surface area contributed by atoms with E-state index in [4.69, 9.17) is 0 Å². The average Bonchev–Trinajstić information content (AvgIpc) is 2.42. The monoisotopic (exact) mass is 322 g/mol. The first-order valence-electron chi connectivity index (χ1n) is 6.31. The summed E-state index contributed by atoms with van der Waals surface area (Å²) in [5, 5.41) is 3.39. The minimum atomic E-state index is -0.285. The van der Waals surface area contributed by atoms with E-state index in [9.17, 15) is 4.39 Å². The second-order valence-corrected chi connectivity index (χ2v) is 5.16. The topological polar surface area (TPSA) is 24.9 Å². The molecule has 0 aliphatic heterocycles. The number of hydrogen-bond donors (Lipinski definition) is 1. The van der Waals surface area contributed by atoms with Gasteiger partial charge in [0, 0.05) is 16.2 Å². The van der Waals surface area contributed by atoms with Crippen LogP contribution in [0.3, 0.4) is 0 Å². The van der Waals surface area contributed by atoms with Gasteiger partial charge in [-0.05, 0) is 30.7 Å². The molecule has 0 saturated carbocycles. The molecule has 1 N–H and O–H groups in total. The van der Waals surface area contributed by atoms with Crippen molar-refractivity contribution in [1.82, 2.24) is 10.3 Å². The maximum absolute atomic E-state index is 14.0. The van der Waals surface area contributed by atoms with Gasteiger partial charge in [-0.25, -0.2) is 4.39 Å². The first-order chi connectivity index (χ1) is 9.24. The number of benzene rings is 1. The van der Waals surface area contributed by atoms with Crippen molar-refractivity contribution in [2.75, 3.05) is 6.54 Å². The van der Waals surface area contributed by atoms with Crippen LogP contribution >= 0.6 is 15.9 Å². The fraction of sp³-hybridized carbons (Fsp3) is 0.267. The van der Waals surface area contributed by atoms with E-state index in [0.717, 1.165) is 23.0 Å². The summed E-state index contributed by atoms with van der Waals surface area (Å²) < 4.78 is 14.9. The highest BCUT2D eigenvalue weighted by Crippen LogP contribution is 2.29. The summed E-state index contributed by atoms with van der Waals surface area (Å²) in [7, 11) is 0. The molecule has 0 radical (unpaired) electrons. The molecule has 100 valence electrons. The second kappa shape index (κ2) is 6.78. The third kappa shape index (κ3) is 3.39. The van der Waals surface area contributed by atoms with Crippen LogP contribution in [-0.2, 0) is 0 Å². The minimum absolute atomic E-state index is 0.168. The quantitative estimate of drug-likeness (QED) is 0.897. The number of nitrogens with zero attached hydrogens (tertiary/aromatic N) is 1. The maximum atomic E-state index is 14.0. The summed E-state index contributed by atoms with van der Waals surface area (Å²) in [4.78, 5) is 3.81. The largest absolute Gasteiger partial charge is 0.306 e. The Bertz CT molecular complexity index is 500. The Hall–Kier alpha value is -1.26. The van der Waals surface area contributed by atoms with Crippen LogP contribution in [0.1, 0.15) is 30.5 Å². The molecule has 19 heavy (non-hydrogen) atoms. The van der Waals surface area contributed by atoms with Crippen molar-refractivity contribution in [3.8, 4) is 0 Å². The van der Waals surface area contributed by atoms with Crippen LogP contribution in [0.15, 0.2) is 47.2 Å². The minimum Gasteiger partial charge on any atom is -0.306 e. The van der Waals surface area contributed by atoms with Crippen LogP contribution in [0.4, 0.5) is 4.39 Å². The fourth-order valence-corrected chi connectivity index (χ4v) is 2.52. The summed E-state index contributed by atoms with van der Waals surface area (Å²) in [6, 6.07) is 9.43. The van der Waals surface area contributed by atoms with E-state index >= 15 is 0 Å². The number of rotatable bonds is 5. The molecule has 2 aromatic rings. The lowest BCUT2D eigenvalue weighted by molar-refractivity contribution is 0.542. The molecule has 4 heteroatoms. The Kier molecular flexibility index (Phi) is 5.05. The first-order valence-corrected chi connectivity index (χ1v) is 7.10. The van der Waals surface area contributed by atoms with Gasteiger partial charge in [0.1, 0.15) is 5.82 Å². The Morgan fingerprint density at radius 3 is 2.74 bits per heavy atom. The van der Waals surface area contributed by atoms with Crippen molar-refractivity contribution in [1.29, 1.82) is 0 Å². The highest BCUT2D eigenvalue weighted by atomic mass is 79.9. The number of hydrogen-bond acceptors (Lipinski definition) is 2. The van der Waals surface area contributed by atoms with Crippen LogP contribution in [0, 0.1) is 5.82 Å². The number of pyridine rings is 1. The zero-order valence-electron chi connectivity index (χ0n) is 10.7. The van der Waals surface area contributed by atoms with Crippen LogP contribution in [0.5, 0.6) is 0 Å². The smallest absolute Gasteiger partial charge is 0.146 e. The van der Waals surface area contributed by atoms with Gasteiger partial charge in [0.2, 0.25) is 0 Å². The van der Waals surface area contributed by atoms with E-state index in [2.05, 4.69) is 33.2 Å². The molecule has 0 aliphatic rings. The normalized spacial score (nSPS) is 12.4. The fourth-order valence-electron chi connectivity index (χ4n) is 2.01. The molecule has 1 heterocycles. The van der Waals surface area contributed by atoms with E-state index in [0.29, 0.717) is 5.56 Å². The van der Waals surface area contributed by atoms with E-state index in [-0.39, 0.29) is 11.9 Å². The second-order valence-electron chi connectivity index (χ2n) is 4.31. The number of nitrogens with one attached hydrogen (secondary N) is 1. The summed E-state index contributed by atoms with van der Waals surface area (Å²) >= 11 is 3.53. The molecule has 1 unspecified atom stereocenters. The Morgan fingerprint density at radius 2 is 2.05 bits per heavy atom. The van der Waals surface area contributed by atoms with E-state index in [1.807, 2.05) is 24.3 Å². The van der Waals surface area contributed by atoms with Crippen LogP contribution < -0.4 is 5.32 Å². The number of halogens is 2. The van der Waals surface area contributed by atoms with Crippen molar-refractivity contribution in [2.45, 2.75) is 19.4 Å². The first kappa shape index (κ1) is 14.2. The van der Waals surface area contributed by atoms with Gasteiger partial charge in [-0.2, -0.15) is 0 Å². The molecular formula is C15H16BrFN2.